The number of ether oxygens (including phenoxy) is 1. The number of halogens is 1. The number of hydrogen-bond donors (Lipinski definition) is 2. The van der Waals surface area contributed by atoms with Gasteiger partial charge in [-0.1, -0.05) is 0 Å². The van der Waals surface area contributed by atoms with Crippen molar-refractivity contribution in [2.45, 2.75) is 19.4 Å². The number of aryl methyl sites for hydroxylation is 2. The van der Waals surface area contributed by atoms with Gasteiger partial charge in [0.2, 0.25) is 0 Å². The zero-order valence-corrected chi connectivity index (χ0v) is 14.5. The molecule has 0 atom stereocenters. The van der Waals surface area contributed by atoms with Gasteiger partial charge in [-0.05, 0) is 48.7 Å². The number of nitrogen functional groups attached to an aromatic ring is 1. The van der Waals surface area contributed by atoms with Crippen LogP contribution in [-0.2, 0) is 20.1 Å². The van der Waals surface area contributed by atoms with Crippen molar-refractivity contribution in [3.63, 3.8) is 0 Å². The van der Waals surface area contributed by atoms with Gasteiger partial charge in [0.1, 0.15) is 17.4 Å². The number of rotatable bonds is 7. The minimum atomic E-state index is -0.390. The summed E-state index contributed by atoms with van der Waals surface area (Å²) in [4.78, 5) is 4.14. The number of aliphatic hydroxyl groups is 1. The first-order valence-electron chi connectivity index (χ1n) is 8.33. The Balaban J connectivity index is 1.63. The number of aromatic nitrogens is 3. The van der Waals surface area contributed by atoms with Crippen molar-refractivity contribution in [3.8, 4) is 17.0 Å². The lowest BCUT2D eigenvalue weighted by atomic mass is 10.1. The van der Waals surface area contributed by atoms with E-state index in [4.69, 9.17) is 10.5 Å². The molecule has 0 saturated carbocycles. The average Bonchev–Trinajstić information content (AvgIpc) is 3.01. The molecule has 136 valence electrons. The van der Waals surface area contributed by atoms with Crippen molar-refractivity contribution in [2.75, 3.05) is 12.3 Å². The SMILES string of the molecule is Cn1ncc(CCCOc2ccc(F)cc2CO)c1-c1ccc(N)nc1. The minimum absolute atomic E-state index is 0.260. The number of nitrogens with zero attached hydrogens (tertiary/aromatic N) is 3. The van der Waals surface area contributed by atoms with Crippen LogP contribution in [0.2, 0.25) is 0 Å². The third kappa shape index (κ3) is 4.00. The molecule has 7 heteroatoms. The third-order valence-corrected chi connectivity index (χ3v) is 4.12. The van der Waals surface area contributed by atoms with Gasteiger partial charge in [-0.15, -0.1) is 0 Å². The predicted octanol–water partition coefficient (Wildman–Crippen LogP) is 2.71. The second kappa shape index (κ2) is 7.97. The van der Waals surface area contributed by atoms with Gasteiger partial charge >= 0.3 is 0 Å². The monoisotopic (exact) mass is 356 g/mol. The van der Waals surface area contributed by atoms with Gasteiger partial charge in [-0.25, -0.2) is 9.37 Å². The summed E-state index contributed by atoms with van der Waals surface area (Å²) in [6.07, 6.45) is 5.09. The summed E-state index contributed by atoms with van der Waals surface area (Å²) in [6.45, 7) is 0.191. The van der Waals surface area contributed by atoms with Crippen molar-refractivity contribution < 1.29 is 14.2 Å². The molecule has 2 aromatic heterocycles. The molecule has 6 nitrogen and oxygen atoms in total. The Morgan fingerprint density at radius 1 is 1.19 bits per heavy atom. The lowest BCUT2D eigenvalue weighted by Crippen LogP contribution is -2.03. The zero-order chi connectivity index (χ0) is 18.5. The molecule has 3 aromatic rings. The highest BCUT2D eigenvalue weighted by molar-refractivity contribution is 5.63. The van der Waals surface area contributed by atoms with Crippen LogP contribution < -0.4 is 10.5 Å². The fourth-order valence-corrected chi connectivity index (χ4v) is 2.84. The first-order chi connectivity index (χ1) is 12.6. The highest BCUT2D eigenvalue weighted by atomic mass is 19.1. The molecule has 3 rings (SSSR count). The lowest BCUT2D eigenvalue weighted by Gasteiger charge is -2.10. The van der Waals surface area contributed by atoms with Gasteiger partial charge in [-0.3, -0.25) is 4.68 Å². The van der Waals surface area contributed by atoms with Crippen molar-refractivity contribution in [3.05, 3.63) is 59.7 Å². The predicted molar refractivity (Wildman–Crippen MR) is 97.0 cm³/mol. The lowest BCUT2D eigenvalue weighted by molar-refractivity contribution is 0.260. The van der Waals surface area contributed by atoms with Crippen LogP contribution in [0, 0.1) is 5.82 Å². The van der Waals surface area contributed by atoms with Gasteiger partial charge < -0.3 is 15.6 Å². The molecule has 0 aliphatic rings. The number of benzene rings is 1. The smallest absolute Gasteiger partial charge is 0.125 e. The Hall–Kier alpha value is -2.93. The van der Waals surface area contributed by atoms with Crippen LogP contribution in [0.25, 0.3) is 11.3 Å². The largest absolute Gasteiger partial charge is 0.493 e. The number of nitrogens with two attached hydrogens (primary N) is 1. The Bertz CT molecular complexity index is 878. The second-order valence-corrected chi connectivity index (χ2v) is 5.98. The van der Waals surface area contributed by atoms with Gasteiger partial charge in [0.05, 0.1) is 25.1 Å². The maximum atomic E-state index is 13.2. The molecule has 2 heterocycles. The summed E-state index contributed by atoms with van der Waals surface area (Å²) in [7, 11) is 1.89. The van der Waals surface area contributed by atoms with Crippen molar-refractivity contribution in [2.24, 2.45) is 7.05 Å². The molecule has 0 unspecified atom stereocenters. The van der Waals surface area contributed by atoms with Gasteiger partial charge in [0.15, 0.2) is 0 Å². The summed E-state index contributed by atoms with van der Waals surface area (Å²) < 4.78 is 20.7. The van der Waals surface area contributed by atoms with E-state index >= 15 is 0 Å². The zero-order valence-electron chi connectivity index (χ0n) is 14.5. The van der Waals surface area contributed by atoms with Crippen LogP contribution in [0.5, 0.6) is 5.75 Å². The van der Waals surface area contributed by atoms with Gasteiger partial charge in [-0.2, -0.15) is 5.10 Å². The van der Waals surface area contributed by atoms with Crippen molar-refractivity contribution in [1.82, 2.24) is 14.8 Å². The van der Waals surface area contributed by atoms with E-state index in [2.05, 4.69) is 10.1 Å². The molecule has 1 aromatic carbocycles. The number of hydrogen-bond acceptors (Lipinski definition) is 5. The van der Waals surface area contributed by atoms with E-state index in [0.29, 0.717) is 23.7 Å². The normalized spacial score (nSPS) is 10.9. The molecule has 0 radical (unpaired) electrons. The molecular weight excluding hydrogens is 335 g/mol. The molecular formula is C19H21FN4O2. The van der Waals surface area contributed by atoms with E-state index in [-0.39, 0.29) is 6.61 Å². The number of pyridine rings is 1. The Kier molecular flexibility index (Phi) is 5.48. The summed E-state index contributed by atoms with van der Waals surface area (Å²) in [5.41, 5.74) is 9.13. The fourth-order valence-electron chi connectivity index (χ4n) is 2.84. The third-order valence-electron chi connectivity index (χ3n) is 4.12. The molecule has 26 heavy (non-hydrogen) atoms. The summed E-state index contributed by atoms with van der Waals surface area (Å²) in [5.74, 6) is 0.589. The molecule has 0 aliphatic carbocycles. The van der Waals surface area contributed by atoms with Crippen LogP contribution in [-0.4, -0.2) is 26.5 Å². The van der Waals surface area contributed by atoms with Crippen LogP contribution in [0.15, 0.2) is 42.7 Å². The Morgan fingerprint density at radius 3 is 2.77 bits per heavy atom. The quantitative estimate of drug-likeness (QED) is 0.636. The topological polar surface area (TPSA) is 86.2 Å². The second-order valence-electron chi connectivity index (χ2n) is 5.98. The molecule has 0 fully saturated rings. The summed E-state index contributed by atoms with van der Waals surface area (Å²) >= 11 is 0. The molecule has 0 spiro atoms. The maximum Gasteiger partial charge on any atom is 0.125 e. The maximum absolute atomic E-state index is 13.2. The average molecular weight is 356 g/mol. The van der Waals surface area contributed by atoms with Crippen molar-refractivity contribution in [1.29, 1.82) is 0 Å². The van der Waals surface area contributed by atoms with E-state index in [1.807, 2.05) is 24.0 Å². The number of anilines is 1. The molecule has 0 aliphatic heterocycles. The van der Waals surface area contributed by atoms with E-state index in [9.17, 15) is 9.50 Å². The standard InChI is InChI=1S/C19H21FN4O2/c1-24-19(14-4-7-18(21)22-10-14)13(11-23-24)3-2-8-26-17-6-5-16(20)9-15(17)12-25/h4-7,9-11,25H,2-3,8,12H2,1H3,(H2,21,22). The van der Waals surface area contributed by atoms with Gasteiger partial charge in [0.25, 0.3) is 0 Å². The fraction of sp³-hybridized carbons (Fsp3) is 0.263. The van der Waals surface area contributed by atoms with E-state index < -0.39 is 5.82 Å². The molecule has 3 N–H and O–H groups in total. The number of aliphatic hydroxyl groups excluding tert-OH is 1. The van der Waals surface area contributed by atoms with Crippen molar-refractivity contribution >= 4 is 5.82 Å². The van der Waals surface area contributed by atoms with Crippen LogP contribution >= 0.6 is 0 Å². The first kappa shape index (κ1) is 17.9. The molecule has 0 saturated heterocycles. The summed E-state index contributed by atoms with van der Waals surface area (Å²) in [6, 6.07) is 7.83. The van der Waals surface area contributed by atoms with Crippen LogP contribution in [0.4, 0.5) is 10.2 Å². The van der Waals surface area contributed by atoms with Gasteiger partial charge in [0, 0.05) is 24.4 Å². The van der Waals surface area contributed by atoms with E-state index in [1.54, 1.807) is 12.3 Å². The molecule has 0 bridgehead atoms. The van der Waals surface area contributed by atoms with E-state index in [1.165, 1.54) is 18.2 Å². The van der Waals surface area contributed by atoms with E-state index in [0.717, 1.165) is 29.7 Å². The highest BCUT2D eigenvalue weighted by Gasteiger charge is 2.11. The Labute approximate surface area is 151 Å². The van der Waals surface area contributed by atoms with Crippen LogP contribution in [0.1, 0.15) is 17.5 Å². The summed E-state index contributed by atoms with van der Waals surface area (Å²) in [5, 5.41) is 13.6. The first-order valence-corrected chi connectivity index (χ1v) is 8.33. The van der Waals surface area contributed by atoms with Crippen LogP contribution in [0.3, 0.4) is 0 Å². The highest BCUT2D eigenvalue weighted by Crippen LogP contribution is 2.24. The minimum Gasteiger partial charge on any atom is -0.493 e. The Morgan fingerprint density at radius 2 is 2.04 bits per heavy atom. The molecule has 0 amide bonds.